The van der Waals surface area contributed by atoms with E-state index in [9.17, 15) is 18.0 Å². The predicted octanol–water partition coefficient (Wildman–Crippen LogP) is 3.56. The largest absolute Gasteiger partial charge is 0.492 e. The van der Waals surface area contributed by atoms with Gasteiger partial charge >= 0.3 is 12.1 Å². The van der Waals surface area contributed by atoms with E-state index in [1.54, 1.807) is 6.08 Å². The second kappa shape index (κ2) is 5.97. The topological polar surface area (TPSA) is 29.5 Å². The summed E-state index contributed by atoms with van der Waals surface area (Å²) in [6.45, 7) is 0.386. The molecular formula is C13H11BrF3NO2. The molecule has 2 rings (SSSR count). The zero-order valence-electron chi connectivity index (χ0n) is 10.3. The fraction of sp³-hybridized carbons (Fsp3) is 0.308. The lowest BCUT2D eigenvalue weighted by Gasteiger charge is -2.25. The number of alkyl halides is 3. The van der Waals surface area contributed by atoms with Gasteiger partial charge in [0.15, 0.2) is 0 Å². The minimum Gasteiger partial charge on any atom is -0.360 e. The van der Waals surface area contributed by atoms with Gasteiger partial charge in [0.1, 0.15) is 0 Å². The number of hydroxylamine groups is 2. The first-order valence-electron chi connectivity index (χ1n) is 5.85. The zero-order valence-corrected chi connectivity index (χ0v) is 11.9. The van der Waals surface area contributed by atoms with Gasteiger partial charge in [0.2, 0.25) is 0 Å². The number of benzene rings is 1. The van der Waals surface area contributed by atoms with Crippen molar-refractivity contribution in [3.63, 3.8) is 0 Å². The number of nitrogens with zero attached hydrogens (tertiary/aromatic N) is 1. The zero-order chi connectivity index (χ0) is 14.8. The molecule has 0 amide bonds. The molecule has 0 unspecified atom stereocenters. The molecule has 1 aromatic carbocycles. The summed E-state index contributed by atoms with van der Waals surface area (Å²) >= 11 is 3.33. The van der Waals surface area contributed by atoms with Gasteiger partial charge in [-0.3, -0.25) is 0 Å². The van der Waals surface area contributed by atoms with E-state index in [1.165, 1.54) is 0 Å². The summed E-state index contributed by atoms with van der Waals surface area (Å²) in [5, 5.41) is 1.01. The maximum absolute atomic E-state index is 12.1. The van der Waals surface area contributed by atoms with E-state index in [4.69, 9.17) is 0 Å². The van der Waals surface area contributed by atoms with Gasteiger partial charge in [-0.2, -0.15) is 13.2 Å². The third kappa shape index (κ3) is 3.83. The summed E-state index contributed by atoms with van der Waals surface area (Å²) < 4.78 is 37.1. The van der Waals surface area contributed by atoms with Crippen molar-refractivity contribution in [3.8, 4) is 0 Å². The molecule has 1 aromatic rings. The molecule has 0 saturated heterocycles. The van der Waals surface area contributed by atoms with Crippen LogP contribution in [-0.4, -0.2) is 30.3 Å². The molecule has 0 fully saturated rings. The first-order chi connectivity index (χ1) is 9.36. The Bertz CT molecular complexity index is 525. The Morgan fingerprint density at radius 2 is 1.90 bits per heavy atom. The van der Waals surface area contributed by atoms with Crippen molar-refractivity contribution in [2.75, 3.05) is 13.1 Å². The molecule has 0 spiro atoms. The lowest BCUT2D eigenvalue weighted by Crippen LogP contribution is -2.37. The molecule has 20 heavy (non-hydrogen) atoms. The van der Waals surface area contributed by atoms with Crippen LogP contribution in [0.5, 0.6) is 0 Å². The Labute approximate surface area is 122 Å². The van der Waals surface area contributed by atoms with Crippen LogP contribution < -0.4 is 0 Å². The van der Waals surface area contributed by atoms with Crippen LogP contribution in [0.4, 0.5) is 13.2 Å². The summed E-state index contributed by atoms with van der Waals surface area (Å²) in [4.78, 5) is 15.0. The van der Waals surface area contributed by atoms with Gasteiger partial charge in [0, 0.05) is 11.0 Å². The molecule has 0 aromatic heterocycles. The molecular weight excluding hydrogens is 339 g/mol. The lowest BCUT2D eigenvalue weighted by atomic mass is 10.0. The molecule has 0 atom stereocenters. The lowest BCUT2D eigenvalue weighted by molar-refractivity contribution is -0.237. The third-order valence-electron chi connectivity index (χ3n) is 2.83. The minimum absolute atomic E-state index is 0.146. The highest BCUT2D eigenvalue weighted by molar-refractivity contribution is 9.10. The van der Waals surface area contributed by atoms with Crippen LogP contribution in [0, 0.1) is 0 Å². The van der Waals surface area contributed by atoms with Crippen molar-refractivity contribution in [1.82, 2.24) is 5.06 Å². The van der Waals surface area contributed by atoms with Gasteiger partial charge in [-0.1, -0.05) is 34.1 Å². The number of hydrogen-bond acceptors (Lipinski definition) is 3. The second-order valence-corrected chi connectivity index (χ2v) is 5.17. The average molecular weight is 350 g/mol. The van der Waals surface area contributed by atoms with Gasteiger partial charge in [-0.05, 0) is 29.7 Å². The monoisotopic (exact) mass is 349 g/mol. The Morgan fingerprint density at radius 1 is 1.25 bits per heavy atom. The molecule has 0 radical (unpaired) electrons. The van der Waals surface area contributed by atoms with E-state index in [-0.39, 0.29) is 13.1 Å². The van der Waals surface area contributed by atoms with E-state index >= 15 is 0 Å². The van der Waals surface area contributed by atoms with Gasteiger partial charge in [0.25, 0.3) is 0 Å². The Hall–Kier alpha value is -1.34. The summed E-state index contributed by atoms with van der Waals surface area (Å²) in [6, 6.07) is 7.64. The van der Waals surface area contributed by atoms with Gasteiger partial charge in [-0.25, -0.2) is 4.79 Å². The maximum Gasteiger partial charge on any atom is 0.492 e. The fourth-order valence-corrected chi connectivity index (χ4v) is 2.09. The Morgan fingerprint density at radius 3 is 2.40 bits per heavy atom. The van der Waals surface area contributed by atoms with E-state index in [0.29, 0.717) is 6.42 Å². The molecule has 1 aliphatic heterocycles. The second-order valence-electron chi connectivity index (χ2n) is 4.25. The van der Waals surface area contributed by atoms with Crippen molar-refractivity contribution >= 4 is 27.5 Å². The number of carbonyl (C=O) groups is 1. The molecule has 7 heteroatoms. The predicted molar refractivity (Wildman–Crippen MR) is 70.5 cm³/mol. The molecule has 1 aliphatic rings. The summed E-state index contributed by atoms with van der Waals surface area (Å²) in [5.41, 5.74) is 2.03. The van der Waals surface area contributed by atoms with Gasteiger partial charge in [0.05, 0.1) is 6.54 Å². The van der Waals surface area contributed by atoms with Crippen molar-refractivity contribution < 1.29 is 22.8 Å². The van der Waals surface area contributed by atoms with Crippen molar-refractivity contribution in [1.29, 1.82) is 0 Å². The molecule has 0 N–H and O–H groups in total. The highest BCUT2D eigenvalue weighted by Crippen LogP contribution is 2.25. The normalized spacial score (nSPS) is 16.7. The molecule has 0 bridgehead atoms. The molecule has 1 heterocycles. The Balaban J connectivity index is 1.97. The summed E-state index contributed by atoms with van der Waals surface area (Å²) in [7, 11) is 0. The van der Waals surface area contributed by atoms with E-state index < -0.39 is 12.1 Å². The standard InChI is InChI=1S/C13H11BrF3NO2/c14-11-3-1-9(2-4-11)10-5-7-18(8-6-10)20-12(19)13(15,16)17/h1-5H,6-8H2. The SMILES string of the molecule is O=C(ON1CC=C(c2ccc(Br)cc2)CC1)C(F)(F)F. The maximum atomic E-state index is 12.1. The van der Waals surface area contributed by atoms with E-state index in [1.807, 2.05) is 24.3 Å². The number of halogens is 4. The smallest absolute Gasteiger partial charge is 0.360 e. The van der Waals surface area contributed by atoms with Crippen LogP contribution in [0.25, 0.3) is 5.57 Å². The summed E-state index contributed by atoms with van der Waals surface area (Å²) in [5.74, 6) is -2.18. The number of rotatable bonds is 2. The highest BCUT2D eigenvalue weighted by Gasteiger charge is 2.42. The molecule has 0 saturated carbocycles. The van der Waals surface area contributed by atoms with Crippen molar-refractivity contribution in [2.24, 2.45) is 0 Å². The van der Waals surface area contributed by atoms with Crippen LogP contribution in [-0.2, 0) is 9.63 Å². The highest BCUT2D eigenvalue weighted by atomic mass is 79.9. The summed E-state index contributed by atoms with van der Waals surface area (Å²) in [6.07, 6.45) is -2.68. The molecule has 0 aliphatic carbocycles. The van der Waals surface area contributed by atoms with Crippen LogP contribution >= 0.6 is 15.9 Å². The van der Waals surface area contributed by atoms with Crippen LogP contribution in [0.15, 0.2) is 34.8 Å². The van der Waals surface area contributed by atoms with Crippen molar-refractivity contribution in [3.05, 3.63) is 40.4 Å². The average Bonchev–Trinajstić information content (AvgIpc) is 2.39. The minimum atomic E-state index is -4.96. The number of carbonyl (C=O) groups excluding carboxylic acids is 1. The van der Waals surface area contributed by atoms with Crippen molar-refractivity contribution in [2.45, 2.75) is 12.6 Å². The van der Waals surface area contributed by atoms with E-state index in [2.05, 4.69) is 20.8 Å². The number of hydrogen-bond donors (Lipinski definition) is 0. The van der Waals surface area contributed by atoms with Gasteiger partial charge < -0.3 is 4.84 Å². The van der Waals surface area contributed by atoms with E-state index in [0.717, 1.165) is 20.7 Å². The van der Waals surface area contributed by atoms with Crippen LogP contribution in [0.3, 0.4) is 0 Å². The van der Waals surface area contributed by atoms with Crippen LogP contribution in [0.2, 0.25) is 0 Å². The first-order valence-corrected chi connectivity index (χ1v) is 6.64. The molecule has 108 valence electrons. The molecule has 3 nitrogen and oxygen atoms in total. The Kier molecular flexibility index (Phi) is 4.49. The van der Waals surface area contributed by atoms with Crippen LogP contribution in [0.1, 0.15) is 12.0 Å². The first kappa shape index (κ1) is 15.1. The van der Waals surface area contributed by atoms with Gasteiger partial charge in [-0.15, -0.1) is 5.06 Å². The third-order valence-corrected chi connectivity index (χ3v) is 3.36. The fourth-order valence-electron chi connectivity index (χ4n) is 1.83. The quantitative estimate of drug-likeness (QED) is 0.817.